The second-order valence-electron chi connectivity index (χ2n) is 6.63. The predicted octanol–water partition coefficient (Wildman–Crippen LogP) is 2.46. The zero-order chi connectivity index (χ0) is 17.0. The van der Waals surface area contributed by atoms with E-state index >= 15 is 0 Å². The van der Waals surface area contributed by atoms with Gasteiger partial charge in [0.25, 0.3) is 5.56 Å². The van der Waals surface area contributed by atoms with Gasteiger partial charge in [-0.15, -0.1) is 0 Å². The van der Waals surface area contributed by atoms with Gasteiger partial charge in [0.1, 0.15) is 5.75 Å². The van der Waals surface area contributed by atoms with Crippen molar-refractivity contribution in [1.82, 2.24) is 4.57 Å². The number of benzene rings is 2. The van der Waals surface area contributed by atoms with E-state index in [1.54, 1.807) is 0 Å². The number of aromatic nitrogens is 1. The fraction of sp³-hybridized carbons (Fsp3) is 0.200. The van der Waals surface area contributed by atoms with Crippen LogP contribution in [0.5, 0.6) is 5.75 Å². The summed E-state index contributed by atoms with van der Waals surface area (Å²) in [4.78, 5) is 18.6. The Morgan fingerprint density at radius 1 is 1.20 bits per heavy atom. The van der Waals surface area contributed by atoms with Crippen molar-refractivity contribution >= 4 is 17.4 Å². The Balaban J connectivity index is 1.78. The number of para-hydroxylation sites is 1. The largest absolute Gasteiger partial charge is 0.466 e. The summed E-state index contributed by atoms with van der Waals surface area (Å²) in [6, 6.07) is 17.8. The summed E-state index contributed by atoms with van der Waals surface area (Å²) >= 11 is 1.43. The summed E-state index contributed by atoms with van der Waals surface area (Å²) in [5.41, 5.74) is 1.49. The van der Waals surface area contributed by atoms with Crippen molar-refractivity contribution in [2.24, 2.45) is 4.99 Å². The van der Waals surface area contributed by atoms with Crippen molar-refractivity contribution in [3.63, 3.8) is 0 Å². The van der Waals surface area contributed by atoms with Crippen LogP contribution in [0, 0.1) is 0 Å². The molecule has 2 aromatic carbocycles. The predicted molar refractivity (Wildman–Crippen MR) is 97.6 cm³/mol. The van der Waals surface area contributed by atoms with E-state index in [2.05, 4.69) is 0 Å². The Morgan fingerprint density at radius 2 is 1.96 bits per heavy atom. The van der Waals surface area contributed by atoms with Crippen molar-refractivity contribution in [1.29, 1.82) is 0 Å². The molecule has 5 rings (SSSR count). The highest BCUT2D eigenvalue weighted by Crippen LogP contribution is 2.42. The van der Waals surface area contributed by atoms with Gasteiger partial charge in [0, 0.05) is 12.0 Å². The van der Waals surface area contributed by atoms with Crippen molar-refractivity contribution in [2.45, 2.75) is 25.1 Å². The maximum absolute atomic E-state index is 13.1. The lowest BCUT2D eigenvalue weighted by molar-refractivity contribution is 0.0410. The number of nitrogens with zero attached hydrogens (tertiary/aromatic N) is 2. The fourth-order valence-electron chi connectivity index (χ4n) is 3.64. The highest BCUT2D eigenvalue weighted by Gasteiger charge is 2.42. The first kappa shape index (κ1) is 14.7. The molecule has 0 saturated heterocycles. The Kier molecular flexibility index (Phi) is 3.03. The van der Waals surface area contributed by atoms with Crippen LogP contribution in [-0.4, -0.2) is 10.3 Å². The van der Waals surface area contributed by atoms with Gasteiger partial charge in [0.2, 0.25) is 5.72 Å². The average Bonchev–Trinajstić information content (AvgIpc) is 2.90. The molecule has 0 saturated carbocycles. The summed E-state index contributed by atoms with van der Waals surface area (Å²) in [6.45, 7) is 1.99. The number of fused-ring (bicyclic) bond motifs is 6. The van der Waals surface area contributed by atoms with E-state index < -0.39 is 5.72 Å². The van der Waals surface area contributed by atoms with Crippen LogP contribution in [0.15, 0.2) is 64.4 Å². The molecule has 0 N–H and O–H groups in total. The molecule has 3 heterocycles. The first-order valence-electron chi connectivity index (χ1n) is 8.29. The van der Waals surface area contributed by atoms with E-state index in [9.17, 15) is 4.79 Å². The summed E-state index contributed by atoms with van der Waals surface area (Å²) in [5, 5.41) is 0. The van der Waals surface area contributed by atoms with Crippen molar-refractivity contribution < 1.29 is 4.74 Å². The Morgan fingerprint density at radius 3 is 2.80 bits per heavy atom. The number of thiazole rings is 1. The van der Waals surface area contributed by atoms with Crippen LogP contribution < -0.4 is 19.6 Å². The molecule has 2 unspecified atom stereocenters. The topological polar surface area (TPSA) is 43.6 Å². The fourth-order valence-corrected chi connectivity index (χ4v) is 4.76. The zero-order valence-electron chi connectivity index (χ0n) is 13.7. The maximum atomic E-state index is 13.1. The molecular formula is C20H16N2O2S. The third-order valence-corrected chi connectivity index (χ3v) is 5.74. The third-order valence-electron chi connectivity index (χ3n) is 4.76. The van der Waals surface area contributed by atoms with E-state index in [1.807, 2.05) is 72.2 Å². The van der Waals surface area contributed by atoms with Crippen LogP contribution in [0.2, 0.25) is 0 Å². The molecule has 25 heavy (non-hydrogen) atoms. The van der Waals surface area contributed by atoms with E-state index in [0.717, 1.165) is 21.7 Å². The summed E-state index contributed by atoms with van der Waals surface area (Å²) < 4.78 is 8.67. The molecule has 0 spiro atoms. The summed E-state index contributed by atoms with van der Waals surface area (Å²) in [5.74, 6) is 0.822. The molecule has 0 aliphatic carbocycles. The van der Waals surface area contributed by atoms with Gasteiger partial charge in [-0.1, -0.05) is 59.9 Å². The molecule has 1 aromatic heterocycles. The number of hydrogen-bond donors (Lipinski definition) is 0. The molecule has 2 aliphatic heterocycles. The highest BCUT2D eigenvalue weighted by molar-refractivity contribution is 7.07. The Bertz CT molecular complexity index is 1150. The van der Waals surface area contributed by atoms with Gasteiger partial charge < -0.3 is 4.74 Å². The molecule has 2 atom stereocenters. The van der Waals surface area contributed by atoms with Crippen molar-refractivity contribution in [3.05, 3.63) is 85.4 Å². The molecule has 5 heteroatoms. The standard InChI is InChI=1S/C20H16N2O2S/c1-20-12-15(14-9-5-6-10-16(14)24-20)22-18(23)17(25-19(22)21-20)11-13-7-3-2-4-8-13/h2-11,15H,12H2,1H3. The molecule has 3 aromatic rings. The van der Waals surface area contributed by atoms with Crippen molar-refractivity contribution in [3.8, 4) is 5.75 Å². The van der Waals surface area contributed by atoms with E-state index in [0.29, 0.717) is 11.0 Å². The lowest BCUT2D eigenvalue weighted by atomic mass is 9.93. The first-order valence-corrected chi connectivity index (χ1v) is 9.11. The number of rotatable bonds is 1. The van der Waals surface area contributed by atoms with Crippen molar-refractivity contribution in [2.75, 3.05) is 0 Å². The number of hydrogen-bond acceptors (Lipinski definition) is 4. The molecule has 2 bridgehead atoms. The van der Waals surface area contributed by atoms with Gasteiger partial charge in [0.15, 0.2) is 4.80 Å². The van der Waals surface area contributed by atoms with Gasteiger partial charge in [-0.25, -0.2) is 4.99 Å². The maximum Gasteiger partial charge on any atom is 0.270 e. The number of ether oxygens (including phenoxy) is 1. The molecule has 2 aliphatic rings. The van der Waals surface area contributed by atoms with Gasteiger partial charge in [-0.3, -0.25) is 9.36 Å². The Hall–Kier alpha value is -2.66. The van der Waals surface area contributed by atoms with Gasteiger partial charge in [0.05, 0.1) is 10.6 Å². The molecule has 0 fully saturated rings. The van der Waals surface area contributed by atoms with E-state index in [4.69, 9.17) is 9.73 Å². The van der Waals surface area contributed by atoms with E-state index in [1.165, 1.54) is 11.3 Å². The highest BCUT2D eigenvalue weighted by atomic mass is 32.1. The van der Waals surface area contributed by atoms with Crippen LogP contribution in [0.1, 0.15) is 30.5 Å². The first-order chi connectivity index (χ1) is 12.1. The quantitative estimate of drug-likeness (QED) is 0.678. The molecule has 4 nitrogen and oxygen atoms in total. The van der Waals surface area contributed by atoms with Crippen LogP contribution in [0.25, 0.3) is 6.08 Å². The third kappa shape index (κ3) is 2.27. The molecule has 0 amide bonds. The normalized spacial score (nSPS) is 24.0. The monoisotopic (exact) mass is 348 g/mol. The second-order valence-corrected chi connectivity index (χ2v) is 7.63. The second kappa shape index (κ2) is 5.17. The average molecular weight is 348 g/mol. The summed E-state index contributed by atoms with van der Waals surface area (Å²) in [6.07, 6.45) is 2.62. The SMILES string of the molecule is CC12CC(c3ccccc3O1)n1c(sc(=Cc3ccccc3)c1=O)=N2. The van der Waals surface area contributed by atoms with E-state index in [-0.39, 0.29) is 11.6 Å². The minimum atomic E-state index is -0.611. The molecule has 0 radical (unpaired) electrons. The Labute approximate surface area is 148 Å². The van der Waals surface area contributed by atoms with Crippen LogP contribution in [0.3, 0.4) is 0 Å². The van der Waals surface area contributed by atoms with Crippen LogP contribution in [0.4, 0.5) is 0 Å². The smallest absolute Gasteiger partial charge is 0.270 e. The zero-order valence-corrected chi connectivity index (χ0v) is 14.5. The lowest BCUT2D eigenvalue weighted by Gasteiger charge is -2.39. The minimum Gasteiger partial charge on any atom is -0.466 e. The molecule has 124 valence electrons. The molecular weight excluding hydrogens is 332 g/mol. The van der Waals surface area contributed by atoms with Crippen LogP contribution in [-0.2, 0) is 0 Å². The van der Waals surface area contributed by atoms with Crippen LogP contribution >= 0.6 is 11.3 Å². The van der Waals surface area contributed by atoms with Gasteiger partial charge in [-0.05, 0) is 24.6 Å². The summed E-state index contributed by atoms with van der Waals surface area (Å²) in [7, 11) is 0. The lowest BCUT2D eigenvalue weighted by Crippen LogP contribution is -2.49. The minimum absolute atomic E-state index is 0.0240. The van der Waals surface area contributed by atoms with Gasteiger partial charge >= 0.3 is 0 Å². The van der Waals surface area contributed by atoms with Gasteiger partial charge in [-0.2, -0.15) is 0 Å².